The van der Waals surface area contributed by atoms with E-state index in [0.717, 1.165) is 11.1 Å². The van der Waals surface area contributed by atoms with E-state index < -0.39 is 11.9 Å². The zero-order valence-electron chi connectivity index (χ0n) is 19.7. The third-order valence-electron chi connectivity index (χ3n) is 6.44. The summed E-state index contributed by atoms with van der Waals surface area (Å²) >= 11 is 0. The molecular weight excluding hydrogens is 464 g/mol. The molecule has 1 unspecified atom stereocenters. The Hall–Kier alpha value is -4.46. The fourth-order valence-corrected chi connectivity index (χ4v) is 4.83. The normalized spacial score (nSPS) is 16.3. The van der Waals surface area contributed by atoms with Crippen molar-refractivity contribution in [2.24, 2.45) is 0 Å². The second-order valence-electron chi connectivity index (χ2n) is 8.51. The van der Waals surface area contributed by atoms with Gasteiger partial charge in [0.2, 0.25) is 5.75 Å². The maximum absolute atomic E-state index is 13.3. The second kappa shape index (κ2) is 8.64. The fourth-order valence-electron chi connectivity index (χ4n) is 4.83. The Morgan fingerprint density at radius 1 is 0.861 bits per heavy atom. The Kier molecular flexibility index (Phi) is 5.29. The molecule has 182 valence electrons. The highest BCUT2D eigenvalue weighted by Crippen LogP contribution is 2.49. The monoisotopic (exact) mass is 486 g/mol. The zero-order valence-corrected chi connectivity index (χ0v) is 19.7. The Labute approximate surface area is 205 Å². The molecule has 0 saturated carbocycles. The van der Waals surface area contributed by atoms with Crippen LogP contribution in [-0.4, -0.2) is 33.4 Å². The van der Waals surface area contributed by atoms with Crippen molar-refractivity contribution < 1.29 is 32.9 Å². The number of fused-ring (bicyclic) bond motifs is 4. The van der Waals surface area contributed by atoms with Gasteiger partial charge in [0.25, 0.3) is 0 Å². The Morgan fingerprint density at radius 3 is 2.42 bits per heavy atom. The van der Waals surface area contributed by atoms with Gasteiger partial charge in [-0.05, 0) is 17.7 Å². The number of benzene rings is 3. The molecule has 0 spiro atoms. The quantitative estimate of drug-likeness (QED) is 0.303. The predicted molar refractivity (Wildman–Crippen MR) is 131 cm³/mol. The van der Waals surface area contributed by atoms with Gasteiger partial charge in [-0.15, -0.1) is 0 Å². The van der Waals surface area contributed by atoms with E-state index in [1.165, 1.54) is 13.2 Å². The van der Waals surface area contributed by atoms with E-state index in [2.05, 4.69) is 0 Å². The third kappa shape index (κ3) is 3.53. The summed E-state index contributed by atoms with van der Waals surface area (Å²) in [5, 5.41) is 0.281. The highest BCUT2D eigenvalue weighted by atomic mass is 16.6. The molecule has 8 heteroatoms. The highest BCUT2D eigenvalue weighted by molar-refractivity contribution is 5.93. The van der Waals surface area contributed by atoms with Gasteiger partial charge in [0.05, 0.1) is 20.6 Å². The third-order valence-corrected chi connectivity index (χ3v) is 6.44. The van der Waals surface area contributed by atoms with Gasteiger partial charge in [-0.1, -0.05) is 30.3 Å². The fraction of sp³-hybridized carbons (Fsp3) is 0.214. The summed E-state index contributed by atoms with van der Waals surface area (Å²) in [5.41, 5.74) is 2.12. The van der Waals surface area contributed by atoms with Crippen molar-refractivity contribution in [2.75, 3.05) is 27.4 Å². The molecule has 8 nitrogen and oxygen atoms in total. The van der Waals surface area contributed by atoms with Crippen LogP contribution < -0.4 is 29.1 Å². The summed E-state index contributed by atoms with van der Waals surface area (Å²) in [7, 11) is 3.01. The van der Waals surface area contributed by atoms with Gasteiger partial charge < -0.3 is 28.1 Å². The topological polar surface area (TPSA) is 93.4 Å². The first kappa shape index (κ1) is 22.0. The van der Waals surface area contributed by atoms with Crippen LogP contribution in [0.25, 0.3) is 22.3 Å². The first-order valence-electron chi connectivity index (χ1n) is 11.5. The molecule has 0 saturated heterocycles. The molecule has 2 aliphatic rings. The van der Waals surface area contributed by atoms with E-state index in [9.17, 15) is 9.59 Å². The van der Waals surface area contributed by atoms with Crippen molar-refractivity contribution in [3.05, 3.63) is 75.9 Å². The molecule has 3 aromatic carbocycles. The smallest absolute Gasteiger partial charge is 0.312 e. The van der Waals surface area contributed by atoms with Crippen molar-refractivity contribution in [1.82, 2.24) is 0 Å². The van der Waals surface area contributed by atoms with Gasteiger partial charge in [0, 0.05) is 29.2 Å². The predicted octanol–water partition coefficient (Wildman–Crippen LogP) is 4.69. The lowest BCUT2D eigenvalue weighted by atomic mass is 9.84. The molecule has 6 rings (SSSR count). The second-order valence-corrected chi connectivity index (χ2v) is 8.51. The molecule has 0 aliphatic carbocycles. The van der Waals surface area contributed by atoms with Crippen LogP contribution in [0.1, 0.15) is 23.5 Å². The van der Waals surface area contributed by atoms with Crippen molar-refractivity contribution >= 4 is 16.9 Å². The van der Waals surface area contributed by atoms with Gasteiger partial charge in [-0.2, -0.15) is 0 Å². The van der Waals surface area contributed by atoms with E-state index in [1.54, 1.807) is 13.2 Å². The largest absolute Gasteiger partial charge is 0.496 e. The molecule has 0 radical (unpaired) electrons. The van der Waals surface area contributed by atoms with Gasteiger partial charge in [0.15, 0.2) is 16.9 Å². The van der Waals surface area contributed by atoms with Crippen molar-refractivity contribution in [2.45, 2.75) is 12.3 Å². The molecule has 3 heterocycles. The zero-order chi connectivity index (χ0) is 24.8. The Bertz CT molecular complexity index is 1540. The number of carbonyl (C=O) groups is 1. The molecule has 4 aromatic rings. The molecule has 0 bridgehead atoms. The lowest BCUT2D eigenvalue weighted by Crippen LogP contribution is -2.23. The van der Waals surface area contributed by atoms with Crippen LogP contribution in [0.5, 0.6) is 28.7 Å². The lowest BCUT2D eigenvalue weighted by Gasteiger charge is -2.28. The molecule has 0 fully saturated rings. The number of methoxy groups -OCH3 is 2. The van der Waals surface area contributed by atoms with Crippen LogP contribution in [0.4, 0.5) is 0 Å². The molecule has 2 aliphatic heterocycles. The first-order chi connectivity index (χ1) is 17.6. The van der Waals surface area contributed by atoms with E-state index >= 15 is 0 Å². The van der Waals surface area contributed by atoms with Crippen LogP contribution in [0.3, 0.4) is 0 Å². The summed E-state index contributed by atoms with van der Waals surface area (Å²) in [6.45, 7) is 0.817. The van der Waals surface area contributed by atoms with E-state index in [0.29, 0.717) is 47.4 Å². The minimum absolute atomic E-state index is 0.0382. The van der Waals surface area contributed by atoms with Gasteiger partial charge in [0.1, 0.15) is 41.4 Å². The molecule has 1 aromatic heterocycles. The molecule has 0 amide bonds. The van der Waals surface area contributed by atoms with Gasteiger partial charge in [-0.25, -0.2) is 0 Å². The van der Waals surface area contributed by atoms with Crippen molar-refractivity contribution in [3.8, 4) is 40.1 Å². The summed E-state index contributed by atoms with van der Waals surface area (Å²) in [6, 6.07) is 16.0. The van der Waals surface area contributed by atoms with Crippen molar-refractivity contribution in [3.63, 3.8) is 0 Å². The molecule has 1 atom stereocenters. The van der Waals surface area contributed by atoms with Crippen LogP contribution in [0.15, 0.2) is 63.8 Å². The maximum Gasteiger partial charge on any atom is 0.312 e. The minimum atomic E-state index is -0.492. The number of hydrogen-bond donors (Lipinski definition) is 0. The van der Waals surface area contributed by atoms with Crippen LogP contribution in [-0.2, 0) is 4.79 Å². The van der Waals surface area contributed by atoms with Crippen LogP contribution in [0, 0.1) is 0 Å². The summed E-state index contributed by atoms with van der Waals surface area (Å²) in [5.74, 6) is 1.58. The molecule has 36 heavy (non-hydrogen) atoms. The maximum atomic E-state index is 13.3. The average molecular weight is 486 g/mol. The number of ether oxygens (including phenoxy) is 5. The van der Waals surface area contributed by atoms with Crippen molar-refractivity contribution in [1.29, 1.82) is 0 Å². The minimum Gasteiger partial charge on any atom is -0.496 e. The number of rotatable bonds is 4. The van der Waals surface area contributed by atoms with Crippen LogP contribution >= 0.6 is 0 Å². The first-order valence-corrected chi connectivity index (χ1v) is 11.5. The number of esters is 1. The van der Waals surface area contributed by atoms with Gasteiger partial charge in [-0.3, -0.25) is 9.59 Å². The van der Waals surface area contributed by atoms with Crippen LogP contribution in [0.2, 0.25) is 0 Å². The molecule has 0 N–H and O–H groups in total. The summed E-state index contributed by atoms with van der Waals surface area (Å²) < 4.78 is 34.6. The number of hydrogen-bond acceptors (Lipinski definition) is 8. The Balaban J connectivity index is 1.64. The molecular formula is C28H22O8. The summed E-state index contributed by atoms with van der Waals surface area (Å²) in [4.78, 5) is 26.0. The van der Waals surface area contributed by atoms with E-state index in [4.69, 9.17) is 28.1 Å². The SMILES string of the molecule is COc1cc(C2CC(=O)Oc3cc(OC)c4c(=O)cc(-c5ccccc5)oc4c32)cc2c1OCCO2. The Morgan fingerprint density at radius 2 is 1.64 bits per heavy atom. The number of carbonyl (C=O) groups excluding carboxylic acids is 1. The van der Waals surface area contributed by atoms with E-state index in [-0.39, 0.29) is 28.7 Å². The standard InChI is InChI=1S/C28H22O8/c1-31-20-14-21-25(28-26(20)18(29)13-19(36-28)15-6-4-3-5-7-15)17(12-24(30)35-21)16-10-22(32-2)27-23(11-16)33-8-9-34-27/h3-7,10-11,13-14,17H,8-9,12H2,1-2H3. The average Bonchev–Trinajstić information content (AvgIpc) is 2.91. The lowest BCUT2D eigenvalue weighted by molar-refractivity contribution is -0.135. The van der Waals surface area contributed by atoms with E-state index in [1.807, 2.05) is 42.5 Å². The highest BCUT2D eigenvalue weighted by Gasteiger charge is 2.35. The van der Waals surface area contributed by atoms with Gasteiger partial charge >= 0.3 is 5.97 Å². The summed E-state index contributed by atoms with van der Waals surface area (Å²) in [6.07, 6.45) is 0.0382.